The van der Waals surface area contributed by atoms with E-state index in [1.54, 1.807) is 28.6 Å². The molecule has 0 saturated carbocycles. The number of nitrogens with zero attached hydrogens (tertiary/aromatic N) is 1. The van der Waals surface area contributed by atoms with Gasteiger partial charge in [-0.15, -0.1) is 0 Å². The Morgan fingerprint density at radius 1 is 1.08 bits per heavy atom. The standard InChI is InChI=1S/C17H27N3O4S/c1-2-10-18-17(21)19-11-14-24-15-6-8-16(9-7-15)25(22,23)20-12-4-3-5-13-20/h6-9H,2-5,10-14H2,1H3,(H2,18,19,21). The lowest BCUT2D eigenvalue weighted by atomic mass is 10.2. The number of carbonyl (C=O) groups is 1. The van der Waals surface area contributed by atoms with Gasteiger partial charge in [0.25, 0.3) is 0 Å². The molecule has 1 saturated heterocycles. The van der Waals surface area contributed by atoms with E-state index in [2.05, 4.69) is 10.6 Å². The SMILES string of the molecule is CCCNC(=O)NCCOc1ccc(S(=O)(=O)N2CCCCC2)cc1. The Balaban J connectivity index is 1.80. The minimum Gasteiger partial charge on any atom is -0.492 e. The van der Waals surface area contributed by atoms with Crippen molar-refractivity contribution in [2.75, 3.05) is 32.8 Å². The molecule has 7 nitrogen and oxygen atoms in total. The summed E-state index contributed by atoms with van der Waals surface area (Å²) in [5, 5.41) is 5.40. The van der Waals surface area contributed by atoms with Crippen LogP contribution in [0.2, 0.25) is 0 Å². The van der Waals surface area contributed by atoms with E-state index in [1.807, 2.05) is 6.92 Å². The van der Waals surface area contributed by atoms with Gasteiger partial charge in [0.2, 0.25) is 10.0 Å². The van der Waals surface area contributed by atoms with E-state index in [0.717, 1.165) is 25.7 Å². The van der Waals surface area contributed by atoms with E-state index in [1.165, 1.54) is 0 Å². The van der Waals surface area contributed by atoms with Crippen LogP contribution in [0.1, 0.15) is 32.6 Å². The Bertz CT molecular complexity index is 640. The lowest BCUT2D eigenvalue weighted by molar-refractivity contribution is 0.236. The maximum Gasteiger partial charge on any atom is 0.314 e. The van der Waals surface area contributed by atoms with Crippen molar-refractivity contribution in [3.05, 3.63) is 24.3 Å². The van der Waals surface area contributed by atoms with Gasteiger partial charge in [-0.05, 0) is 43.5 Å². The summed E-state index contributed by atoms with van der Waals surface area (Å²) in [6.45, 7) is 4.50. The van der Waals surface area contributed by atoms with Gasteiger partial charge < -0.3 is 15.4 Å². The van der Waals surface area contributed by atoms with Crippen molar-refractivity contribution in [1.29, 1.82) is 0 Å². The lowest BCUT2D eigenvalue weighted by Crippen LogP contribution is -2.37. The molecule has 0 unspecified atom stereocenters. The Kier molecular flexibility index (Phi) is 7.52. The maximum atomic E-state index is 12.6. The number of rotatable bonds is 8. The minimum absolute atomic E-state index is 0.214. The number of hydrogen-bond acceptors (Lipinski definition) is 4. The molecule has 1 heterocycles. The van der Waals surface area contributed by atoms with Crippen LogP contribution in [0.15, 0.2) is 29.2 Å². The number of amides is 2. The van der Waals surface area contributed by atoms with Crippen LogP contribution in [0.25, 0.3) is 0 Å². The Hall–Kier alpha value is -1.80. The van der Waals surface area contributed by atoms with Gasteiger partial charge in [0.15, 0.2) is 0 Å². The van der Waals surface area contributed by atoms with Crippen molar-refractivity contribution < 1.29 is 17.9 Å². The molecule has 1 aromatic rings. The molecule has 0 atom stereocenters. The normalized spacial score (nSPS) is 15.6. The highest BCUT2D eigenvalue weighted by molar-refractivity contribution is 7.89. The molecule has 2 N–H and O–H groups in total. The van der Waals surface area contributed by atoms with E-state index >= 15 is 0 Å². The molecule has 0 aromatic heterocycles. The van der Waals surface area contributed by atoms with Gasteiger partial charge in [-0.1, -0.05) is 13.3 Å². The van der Waals surface area contributed by atoms with Gasteiger partial charge in [-0.2, -0.15) is 4.31 Å². The van der Waals surface area contributed by atoms with Crippen LogP contribution in [-0.4, -0.2) is 51.5 Å². The predicted molar refractivity (Wildman–Crippen MR) is 96.2 cm³/mol. The van der Waals surface area contributed by atoms with Crippen molar-refractivity contribution in [2.45, 2.75) is 37.5 Å². The second kappa shape index (κ2) is 9.62. The fourth-order valence-electron chi connectivity index (χ4n) is 2.60. The van der Waals surface area contributed by atoms with Gasteiger partial charge in [0.05, 0.1) is 11.4 Å². The highest BCUT2D eigenvalue weighted by Gasteiger charge is 2.25. The third kappa shape index (κ3) is 5.89. The monoisotopic (exact) mass is 369 g/mol. The van der Waals surface area contributed by atoms with Crippen molar-refractivity contribution in [3.8, 4) is 5.75 Å². The van der Waals surface area contributed by atoms with Gasteiger partial charge in [0.1, 0.15) is 12.4 Å². The van der Waals surface area contributed by atoms with Crippen molar-refractivity contribution in [1.82, 2.24) is 14.9 Å². The molecule has 0 spiro atoms. The molecule has 1 aliphatic heterocycles. The van der Waals surface area contributed by atoms with Crippen LogP contribution in [0.3, 0.4) is 0 Å². The van der Waals surface area contributed by atoms with Gasteiger partial charge in [0, 0.05) is 19.6 Å². The molecule has 1 aliphatic rings. The first kappa shape index (κ1) is 19.5. The average Bonchev–Trinajstić information content (AvgIpc) is 2.64. The van der Waals surface area contributed by atoms with Crippen LogP contribution in [0.5, 0.6) is 5.75 Å². The molecular formula is C17H27N3O4S. The number of benzene rings is 1. The molecule has 1 aromatic carbocycles. The first-order valence-electron chi connectivity index (χ1n) is 8.78. The highest BCUT2D eigenvalue weighted by atomic mass is 32.2. The van der Waals surface area contributed by atoms with E-state index < -0.39 is 10.0 Å². The zero-order valence-electron chi connectivity index (χ0n) is 14.7. The average molecular weight is 369 g/mol. The second-order valence-electron chi connectivity index (χ2n) is 5.97. The van der Waals surface area contributed by atoms with Crippen molar-refractivity contribution in [2.24, 2.45) is 0 Å². The highest BCUT2D eigenvalue weighted by Crippen LogP contribution is 2.22. The fraction of sp³-hybridized carbons (Fsp3) is 0.588. The topological polar surface area (TPSA) is 87.7 Å². The number of hydrogen-bond donors (Lipinski definition) is 2. The van der Waals surface area contributed by atoms with Crippen LogP contribution in [0.4, 0.5) is 4.79 Å². The van der Waals surface area contributed by atoms with Gasteiger partial charge >= 0.3 is 6.03 Å². The van der Waals surface area contributed by atoms with Crippen molar-refractivity contribution in [3.63, 3.8) is 0 Å². The van der Waals surface area contributed by atoms with Crippen LogP contribution >= 0.6 is 0 Å². The van der Waals surface area contributed by atoms with E-state index in [9.17, 15) is 13.2 Å². The quantitative estimate of drug-likeness (QED) is 0.686. The third-order valence-electron chi connectivity index (χ3n) is 3.97. The van der Waals surface area contributed by atoms with Crippen LogP contribution < -0.4 is 15.4 Å². The van der Waals surface area contributed by atoms with E-state index in [-0.39, 0.29) is 6.03 Å². The molecule has 2 rings (SSSR count). The first-order valence-corrected chi connectivity index (χ1v) is 10.2. The fourth-order valence-corrected chi connectivity index (χ4v) is 4.11. The number of piperidine rings is 1. The molecule has 0 aliphatic carbocycles. The zero-order chi connectivity index (χ0) is 18.1. The molecule has 2 amide bonds. The third-order valence-corrected chi connectivity index (χ3v) is 5.88. The summed E-state index contributed by atoms with van der Waals surface area (Å²) >= 11 is 0. The summed E-state index contributed by atoms with van der Waals surface area (Å²) < 4.78 is 32.2. The Morgan fingerprint density at radius 3 is 2.36 bits per heavy atom. The summed E-state index contributed by atoms with van der Waals surface area (Å²) in [7, 11) is -3.41. The number of urea groups is 1. The molecule has 140 valence electrons. The number of ether oxygens (including phenoxy) is 1. The molecule has 1 fully saturated rings. The van der Waals surface area contributed by atoms with Gasteiger partial charge in [-0.3, -0.25) is 0 Å². The van der Waals surface area contributed by atoms with Crippen molar-refractivity contribution >= 4 is 16.1 Å². The largest absolute Gasteiger partial charge is 0.492 e. The predicted octanol–water partition coefficient (Wildman–Crippen LogP) is 1.95. The summed E-state index contributed by atoms with van der Waals surface area (Å²) in [6, 6.07) is 6.22. The molecule has 25 heavy (non-hydrogen) atoms. The Morgan fingerprint density at radius 2 is 1.72 bits per heavy atom. The summed E-state index contributed by atoms with van der Waals surface area (Å²) in [5.41, 5.74) is 0. The zero-order valence-corrected chi connectivity index (χ0v) is 15.5. The second-order valence-corrected chi connectivity index (χ2v) is 7.91. The summed E-state index contributed by atoms with van der Waals surface area (Å²) in [4.78, 5) is 11.7. The van der Waals surface area contributed by atoms with E-state index in [0.29, 0.717) is 43.4 Å². The smallest absolute Gasteiger partial charge is 0.314 e. The maximum absolute atomic E-state index is 12.6. The van der Waals surface area contributed by atoms with Crippen LogP contribution in [0, 0.1) is 0 Å². The molecule has 0 radical (unpaired) electrons. The number of nitrogens with one attached hydrogen (secondary N) is 2. The molecule has 0 bridgehead atoms. The first-order chi connectivity index (χ1) is 12.0. The van der Waals surface area contributed by atoms with E-state index in [4.69, 9.17) is 4.74 Å². The Labute approximate surface area is 149 Å². The van der Waals surface area contributed by atoms with Crippen LogP contribution in [-0.2, 0) is 10.0 Å². The van der Waals surface area contributed by atoms with Gasteiger partial charge in [-0.25, -0.2) is 13.2 Å². The summed E-state index contributed by atoms with van der Waals surface area (Å²) in [6.07, 6.45) is 3.80. The summed E-state index contributed by atoms with van der Waals surface area (Å²) in [5.74, 6) is 0.577. The minimum atomic E-state index is -3.41. The number of carbonyl (C=O) groups excluding carboxylic acids is 1. The number of sulfonamides is 1. The lowest BCUT2D eigenvalue weighted by Gasteiger charge is -2.25. The molecule has 8 heteroatoms. The molecular weight excluding hydrogens is 342 g/mol.